The van der Waals surface area contributed by atoms with Gasteiger partial charge in [0.1, 0.15) is 10.0 Å². The second kappa shape index (κ2) is 5.61. The van der Waals surface area contributed by atoms with Crippen molar-refractivity contribution in [1.29, 1.82) is 0 Å². The number of carbonyl (C=O) groups excluding carboxylic acids is 1. The lowest BCUT2D eigenvalue weighted by Crippen LogP contribution is -2.05. The van der Waals surface area contributed by atoms with E-state index in [9.17, 15) is 14.9 Å². The average molecular weight is 310 g/mol. The highest BCUT2D eigenvalue weighted by atomic mass is 35.5. The molecule has 102 valence electrons. The van der Waals surface area contributed by atoms with E-state index >= 15 is 0 Å². The second-order valence-electron chi connectivity index (χ2n) is 4.15. The molecule has 0 fully saturated rings. The van der Waals surface area contributed by atoms with Crippen molar-refractivity contribution in [2.75, 3.05) is 0 Å². The van der Waals surface area contributed by atoms with Crippen molar-refractivity contribution in [3.05, 3.63) is 73.2 Å². The lowest BCUT2D eigenvalue weighted by Gasteiger charge is -2.08. The highest BCUT2D eigenvalue weighted by molar-refractivity contribution is 6.39. The summed E-state index contributed by atoms with van der Waals surface area (Å²) in [6.45, 7) is 1.56. The number of nitro benzene ring substituents is 1. The van der Waals surface area contributed by atoms with Crippen LogP contribution in [0.1, 0.15) is 21.5 Å². The Kier molecular flexibility index (Phi) is 4.06. The molecule has 0 N–H and O–H groups in total. The van der Waals surface area contributed by atoms with Crippen molar-refractivity contribution in [2.45, 2.75) is 6.92 Å². The maximum Gasteiger partial charge on any atom is 0.306 e. The van der Waals surface area contributed by atoms with Crippen molar-refractivity contribution < 1.29 is 9.72 Å². The third kappa shape index (κ3) is 2.53. The van der Waals surface area contributed by atoms with Crippen LogP contribution in [0.2, 0.25) is 10.0 Å². The van der Waals surface area contributed by atoms with E-state index in [4.69, 9.17) is 23.2 Å². The van der Waals surface area contributed by atoms with Crippen molar-refractivity contribution in [3.63, 3.8) is 0 Å². The summed E-state index contributed by atoms with van der Waals surface area (Å²) in [5.74, 6) is -0.276. The molecule has 0 aliphatic heterocycles. The first-order valence-corrected chi connectivity index (χ1v) is 6.41. The molecule has 2 aromatic carbocycles. The molecule has 0 heterocycles. The van der Waals surface area contributed by atoms with Crippen LogP contribution in [0, 0.1) is 17.0 Å². The van der Waals surface area contributed by atoms with E-state index in [1.165, 1.54) is 6.07 Å². The van der Waals surface area contributed by atoms with Gasteiger partial charge in [-0.3, -0.25) is 14.9 Å². The summed E-state index contributed by atoms with van der Waals surface area (Å²) in [4.78, 5) is 22.6. The fourth-order valence-electron chi connectivity index (χ4n) is 1.85. The van der Waals surface area contributed by atoms with E-state index in [2.05, 4.69) is 0 Å². The van der Waals surface area contributed by atoms with E-state index in [-0.39, 0.29) is 27.1 Å². The standard InChI is InChI=1S/C14H9Cl2NO3/c1-8-10(14(18)9-5-3-2-4-6-9)7-11(15)13(12(8)16)17(19)20/h2-7H,1H3. The summed E-state index contributed by atoms with van der Waals surface area (Å²) in [7, 11) is 0. The Bertz CT molecular complexity index is 699. The maximum atomic E-state index is 12.4. The van der Waals surface area contributed by atoms with Crippen LogP contribution in [-0.4, -0.2) is 10.7 Å². The molecule has 0 amide bonds. The fraction of sp³-hybridized carbons (Fsp3) is 0.0714. The molecule has 0 aromatic heterocycles. The maximum absolute atomic E-state index is 12.4. The number of nitro groups is 1. The largest absolute Gasteiger partial charge is 0.306 e. The molecule has 20 heavy (non-hydrogen) atoms. The van der Waals surface area contributed by atoms with E-state index in [1.807, 2.05) is 0 Å². The molecule has 0 saturated heterocycles. The van der Waals surface area contributed by atoms with Gasteiger partial charge in [-0.1, -0.05) is 53.5 Å². The van der Waals surface area contributed by atoms with Crippen LogP contribution in [0.3, 0.4) is 0 Å². The summed E-state index contributed by atoms with van der Waals surface area (Å²) >= 11 is 11.8. The first-order valence-electron chi connectivity index (χ1n) is 5.66. The predicted molar refractivity (Wildman–Crippen MR) is 77.7 cm³/mol. The summed E-state index contributed by atoms with van der Waals surface area (Å²) < 4.78 is 0. The highest BCUT2D eigenvalue weighted by Gasteiger charge is 2.25. The molecule has 0 spiro atoms. The lowest BCUT2D eigenvalue weighted by atomic mass is 9.98. The van der Waals surface area contributed by atoms with Crippen molar-refractivity contribution in [1.82, 2.24) is 0 Å². The Morgan fingerprint density at radius 1 is 1.20 bits per heavy atom. The van der Waals surface area contributed by atoms with Gasteiger partial charge in [-0.15, -0.1) is 0 Å². The Balaban J connectivity index is 2.60. The average Bonchev–Trinajstić information content (AvgIpc) is 2.43. The quantitative estimate of drug-likeness (QED) is 0.478. The molecule has 0 saturated carbocycles. The lowest BCUT2D eigenvalue weighted by molar-refractivity contribution is -0.384. The number of carbonyl (C=O) groups is 1. The van der Waals surface area contributed by atoms with Gasteiger partial charge in [0.2, 0.25) is 0 Å². The fourth-order valence-corrected chi connectivity index (χ4v) is 2.45. The van der Waals surface area contributed by atoms with Crippen LogP contribution in [0.4, 0.5) is 5.69 Å². The second-order valence-corrected chi connectivity index (χ2v) is 4.93. The van der Waals surface area contributed by atoms with Gasteiger partial charge >= 0.3 is 5.69 Å². The normalized spacial score (nSPS) is 10.3. The van der Waals surface area contributed by atoms with E-state index in [1.54, 1.807) is 37.3 Å². The summed E-state index contributed by atoms with van der Waals surface area (Å²) in [6, 6.07) is 9.86. The summed E-state index contributed by atoms with van der Waals surface area (Å²) in [5, 5.41) is 10.6. The third-order valence-electron chi connectivity index (χ3n) is 2.90. The molecular formula is C14H9Cl2NO3. The zero-order valence-electron chi connectivity index (χ0n) is 10.4. The van der Waals surface area contributed by atoms with Gasteiger partial charge in [-0.05, 0) is 18.6 Å². The number of hydrogen-bond acceptors (Lipinski definition) is 3. The number of rotatable bonds is 3. The smallest absolute Gasteiger partial charge is 0.289 e. The predicted octanol–water partition coefficient (Wildman–Crippen LogP) is 4.44. The van der Waals surface area contributed by atoms with Gasteiger partial charge < -0.3 is 0 Å². The molecule has 2 aromatic rings. The number of nitrogens with zero attached hydrogens (tertiary/aromatic N) is 1. The highest BCUT2D eigenvalue weighted by Crippen LogP contribution is 2.37. The van der Waals surface area contributed by atoms with Crippen LogP contribution >= 0.6 is 23.2 Å². The molecule has 0 unspecified atom stereocenters. The van der Waals surface area contributed by atoms with Crippen LogP contribution in [-0.2, 0) is 0 Å². The van der Waals surface area contributed by atoms with Crippen LogP contribution in [0.15, 0.2) is 36.4 Å². The molecule has 0 aliphatic carbocycles. The molecule has 0 atom stereocenters. The van der Waals surface area contributed by atoms with Crippen molar-refractivity contribution in [3.8, 4) is 0 Å². The zero-order valence-corrected chi connectivity index (χ0v) is 11.9. The van der Waals surface area contributed by atoms with Crippen LogP contribution in [0.5, 0.6) is 0 Å². The monoisotopic (exact) mass is 309 g/mol. The minimum atomic E-state index is -0.658. The van der Waals surface area contributed by atoms with Gasteiger partial charge in [0.15, 0.2) is 5.78 Å². The Labute approximate surface area is 125 Å². The van der Waals surface area contributed by atoms with Crippen molar-refractivity contribution >= 4 is 34.7 Å². The van der Waals surface area contributed by atoms with Gasteiger partial charge in [0, 0.05) is 11.1 Å². The molecule has 0 bridgehead atoms. The molecule has 0 radical (unpaired) electrons. The van der Waals surface area contributed by atoms with Gasteiger partial charge in [0.05, 0.1) is 4.92 Å². The molecule has 6 heteroatoms. The van der Waals surface area contributed by atoms with Gasteiger partial charge in [-0.25, -0.2) is 0 Å². The van der Waals surface area contributed by atoms with Gasteiger partial charge in [-0.2, -0.15) is 0 Å². The van der Waals surface area contributed by atoms with E-state index in [0.29, 0.717) is 11.1 Å². The zero-order chi connectivity index (χ0) is 14.9. The van der Waals surface area contributed by atoms with Gasteiger partial charge in [0.25, 0.3) is 0 Å². The topological polar surface area (TPSA) is 60.2 Å². The first-order chi connectivity index (χ1) is 9.43. The van der Waals surface area contributed by atoms with Crippen LogP contribution < -0.4 is 0 Å². The summed E-state index contributed by atoms with van der Waals surface area (Å²) in [6.07, 6.45) is 0. The molecule has 4 nitrogen and oxygen atoms in total. The number of halogens is 2. The van der Waals surface area contributed by atoms with E-state index < -0.39 is 4.92 Å². The van der Waals surface area contributed by atoms with E-state index in [0.717, 1.165) is 0 Å². The van der Waals surface area contributed by atoms with Crippen LogP contribution in [0.25, 0.3) is 0 Å². The SMILES string of the molecule is Cc1c(C(=O)c2ccccc2)cc(Cl)c([N+](=O)[O-])c1Cl. The minimum absolute atomic E-state index is 0.109. The molecule has 2 rings (SSSR count). The summed E-state index contributed by atoms with van der Waals surface area (Å²) in [5.41, 5.74) is 0.695. The first kappa shape index (κ1) is 14.5. The third-order valence-corrected chi connectivity index (χ3v) is 3.65. The van der Waals surface area contributed by atoms with Crippen molar-refractivity contribution in [2.24, 2.45) is 0 Å². The minimum Gasteiger partial charge on any atom is -0.289 e. The number of hydrogen-bond donors (Lipinski definition) is 0. The number of benzene rings is 2. The Morgan fingerprint density at radius 2 is 1.80 bits per heavy atom. The Hall–Kier alpha value is -1.91. The molecular weight excluding hydrogens is 301 g/mol. The Morgan fingerprint density at radius 3 is 2.35 bits per heavy atom. The molecule has 0 aliphatic rings. The number of ketones is 1.